The van der Waals surface area contributed by atoms with Crippen LogP contribution in [0, 0.1) is 27.4 Å². The molecule has 156 valence electrons. The molecule has 2 aliphatic carbocycles. The molecule has 7 nitrogen and oxygen atoms in total. The zero-order valence-electron chi connectivity index (χ0n) is 16.9. The first-order valence-corrected chi connectivity index (χ1v) is 10.3. The minimum Gasteiger partial charge on any atom is -0.488 e. The van der Waals surface area contributed by atoms with Gasteiger partial charge in [-0.05, 0) is 54.0 Å². The average Bonchev–Trinajstić information content (AvgIpc) is 3.38. The second-order valence-corrected chi connectivity index (χ2v) is 8.32. The Morgan fingerprint density at radius 1 is 1.27 bits per heavy atom. The van der Waals surface area contributed by atoms with E-state index < -0.39 is 4.92 Å². The topological polar surface area (TPSA) is 93.8 Å². The van der Waals surface area contributed by atoms with Crippen LogP contribution < -0.4 is 10.2 Å². The van der Waals surface area contributed by atoms with Crippen LogP contribution in [0.25, 0.3) is 0 Å². The summed E-state index contributed by atoms with van der Waals surface area (Å²) in [5.74, 6) is 1.20. The van der Waals surface area contributed by atoms with Gasteiger partial charge in [0.25, 0.3) is 5.69 Å². The van der Waals surface area contributed by atoms with Crippen LogP contribution in [0.5, 0.6) is 5.75 Å². The smallest absolute Gasteiger partial charge is 0.269 e. The minimum atomic E-state index is -0.429. The van der Waals surface area contributed by atoms with Gasteiger partial charge in [0.05, 0.1) is 11.1 Å². The van der Waals surface area contributed by atoms with E-state index in [1.165, 1.54) is 25.0 Å². The molecular formula is C23H25N3O4. The van der Waals surface area contributed by atoms with E-state index in [9.17, 15) is 14.9 Å². The Morgan fingerprint density at radius 3 is 2.73 bits per heavy atom. The number of para-hydroxylation sites is 1. The predicted molar refractivity (Wildman–Crippen MR) is 113 cm³/mol. The van der Waals surface area contributed by atoms with Gasteiger partial charge in [-0.1, -0.05) is 31.9 Å². The second-order valence-electron chi connectivity index (χ2n) is 8.32. The number of hydrogen-bond donors (Lipinski definition) is 1. The third kappa shape index (κ3) is 4.06. The molecule has 0 bridgehead atoms. The number of nitro groups is 1. The van der Waals surface area contributed by atoms with Gasteiger partial charge in [0.1, 0.15) is 12.4 Å². The van der Waals surface area contributed by atoms with Crippen molar-refractivity contribution in [3.63, 3.8) is 0 Å². The monoisotopic (exact) mass is 407 g/mol. The van der Waals surface area contributed by atoms with E-state index in [2.05, 4.69) is 17.5 Å². The Hall–Kier alpha value is -3.22. The van der Waals surface area contributed by atoms with Crippen molar-refractivity contribution in [2.45, 2.75) is 39.2 Å². The summed E-state index contributed by atoms with van der Waals surface area (Å²) in [4.78, 5) is 22.9. The SMILES string of the molecule is C[C@]12CCCC[C@H]1[C@@H]2C(=O)N/N=C\c1ccccc1OCc1ccc([N+](=O)[O-])cc1. The first-order chi connectivity index (χ1) is 14.5. The quantitative estimate of drug-likeness (QED) is 0.417. The number of nitrogens with zero attached hydrogens (tertiary/aromatic N) is 2. The molecule has 2 aliphatic rings. The van der Waals surface area contributed by atoms with Crippen LogP contribution in [0.1, 0.15) is 43.7 Å². The molecule has 0 unspecified atom stereocenters. The van der Waals surface area contributed by atoms with Crippen LogP contribution in [0.3, 0.4) is 0 Å². The van der Waals surface area contributed by atoms with E-state index in [1.54, 1.807) is 18.3 Å². The number of rotatable bonds is 7. The molecule has 2 aromatic rings. The molecular weight excluding hydrogens is 382 g/mol. The van der Waals surface area contributed by atoms with Gasteiger partial charge in [0.2, 0.25) is 5.91 Å². The highest BCUT2D eigenvalue weighted by atomic mass is 16.6. The summed E-state index contributed by atoms with van der Waals surface area (Å²) in [6.45, 7) is 2.49. The summed E-state index contributed by atoms with van der Waals surface area (Å²) in [6, 6.07) is 13.7. The van der Waals surface area contributed by atoms with Crippen molar-refractivity contribution < 1.29 is 14.5 Å². The van der Waals surface area contributed by atoms with E-state index in [4.69, 9.17) is 4.74 Å². The zero-order valence-corrected chi connectivity index (χ0v) is 16.9. The highest BCUT2D eigenvalue weighted by Gasteiger charge is 2.64. The Morgan fingerprint density at radius 2 is 2.03 bits per heavy atom. The molecule has 2 aromatic carbocycles. The van der Waals surface area contributed by atoms with Crippen molar-refractivity contribution in [3.05, 3.63) is 69.8 Å². The molecule has 0 aliphatic heterocycles. The zero-order chi connectivity index (χ0) is 21.1. The molecule has 30 heavy (non-hydrogen) atoms. The van der Waals surface area contributed by atoms with Crippen LogP contribution in [-0.4, -0.2) is 17.0 Å². The molecule has 7 heteroatoms. The van der Waals surface area contributed by atoms with Crippen molar-refractivity contribution in [2.75, 3.05) is 0 Å². The maximum absolute atomic E-state index is 12.5. The minimum absolute atomic E-state index is 0.00456. The summed E-state index contributed by atoms with van der Waals surface area (Å²) < 4.78 is 5.86. The van der Waals surface area contributed by atoms with Crippen molar-refractivity contribution in [1.29, 1.82) is 0 Å². The van der Waals surface area contributed by atoms with Crippen molar-refractivity contribution >= 4 is 17.8 Å². The Kier molecular flexibility index (Phi) is 5.53. The van der Waals surface area contributed by atoms with Gasteiger partial charge >= 0.3 is 0 Å². The van der Waals surface area contributed by atoms with E-state index in [1.807, 2.05) is 24.3 Å². The number of ether oxygens (including phenoxy) is 1. The number of non-ortho nitro benzene ring substituents is 1. The number of nitrogens with one attached hydrogen (secondary N) is 1. The number of nitro benzene ring substituents is 1. The highest BCUT2D eigenvalue weighted by molar-refractivity contribution is 5.87. The average molecular weight is 407 g/mol. The first-order valence-electron chi connectivity index (χ1n) is 10.3. The van der Waals surface area contributed by atoms with Crippen LogP contribution >= 0.6 is 0 Å². The number of hydrazone groups is 1. The standard InChI is InChI=1S/C23H25N3O4/c1-23-13-5-4-7-19(23)21(23)22(27)25-24-14-17-6-2-3-8-20(17)30-15-16-9-11-18(12-10-16)26(28)29/h2-3,6,8-12,14,19,21H,4-5,7,13,15H2,1H3,(H,25,27)/b24-14-/t19-,21+,23-/m0/s1. The Bertz CT molecular complexity index is 973. The normalized spacial score (nSPS) is 24.8. The number of carbonyl (C=O) groups is 1. The van der Waals surface area contributed by atoms with Gasteiger partial charge in [0, 0.05) is 23.6 Å². The van der Waals surface area contributed by atoms with Crippen molar-refractivity contribution in [3.8, 4) is 5.75 Å². The van der Waals surface area contributed by atoms with Crippen molar-refractivity contribution in [2.24, 2.45) is 22.4 Å². The fourth-order valence-electron chi connectivity index (χ4n) is 4.68. The van der Waals surface area contributed by atoms with Crippen LogP contribution in [-0.2, 0) is 11.4 Å². The second kappa shape index (κ2) is 8.26. The lowest BCUT2D eigenvalue weighted by Gasteiger charge is -2.15. The lowest BCUT2D eigenvalue weighted by Crippen LogP contribution is -2.22. The van der Waals surface area contributed by atoms with E-state index >= 15 is 0 Å². The van der Waals surface area contributed by atoms with Gasteiger partial charge in [-0.3, -0.25) is 14.9 Å². The highest BCUT2D eigenvalue weighted by Crippen LogP contribution is 2.66. The molecule has 4 rings (SSSR count). The summed E-state index contributed by atoms with van der Waals surface area (Å²) in [5.41, 5.74) is 4.48. The van der Waals surface area contributed by atoms with Gasteiger partial charge in [-0.15, -0.1) is 0 Å². The third-order valence-electron chi connectivity index (χ3n) is 6.45. The van der Waals surface area contributed by atoms with Crippen LogP contribution in [0.15, 0.2) is 53.6 Å². The van der Waals surface area contributed by atoms with Gasteiger partial charge in [-0.2, -0.15) is 5.10 Å². The maximum atomic E-state index is 12.5. The summed E-state index contributed by atoms with van der Waals surface area (Å²) >= 11 is 0. The number of hydrogen-bond acceptors (Lipinski definition) is 5. The lowest BCUT2D eigenvalue weighted by atomic mass is 9.90. The molecule has 0 spiro atoms. The lowest BCUT2D eigenvalue weighted by molar-refractivity contribution is -0.384. The molecule has 0 saturated heterocycles. The molecule has 2 saturated carbocycles. The number of fused-ring (bicyclic) bond motifs is 1. The van der Waals surface area contributed by atoms with Gasteiger partial charge < -0.3 is 4.74 Å². The summed E-state index contributed by atoms with van der Waals surface area (Å²) in [5, 5.41) is 14.9. The van der Waals surface area contributed by atoms with Gasteiger partial charge in [-0.25, -0.2) is 5.43 Å². The molecule has 2 fully saturated rings. The molecule has 0 aromatic heterocycles. The maximum Gasteiger partial charge on any atom is 0.269 e. The number of carbonyl (C=O) groups excluding carboxylic acids is 1. The predicted octanol–water partition coefficient (Wildman–Crippen LogP) is 4.45. The largest absolute Gasteiger partial charge is 0.488 e. The first kappa shape index (κ1) is 20.1. The molecule has 0 heterocycles. The molecule has 1 amide bonds. The van der Waals surface area contributed by atoms with Crippen LogP contribution in [0.2, 0.25) is 0 Å². The van der Waals surface area contributed by atoms with Gasteiger partial charge in [0.15, 0.2) is 0 Å². The fraction of sp³-hybridized carbons (Fsp3) is 0.391. The molecule has 0 radical (unpaired) electrons. The molecule has 3 atom stereocenters. The third-order valence-corrected chi connectivity index (χ3v) is 6.45. The van der Waals surface area contributed by atoms with E-state index in [-0.39, 0.29) is 29.5 Å². The number of amides is 1. The Balaban J connectivity index is 1.35. The van der Waals surface area contributed by atoms with Crippen molar-refractivity contribution in [1.82, 2.24) is 5.43 Å². The fourth-order valence-corrected chi connectivity index (χ4v) is 4.68. The number of benzene rings is 2. The van der Waals surface area contributed by atoms with E-state index in [0.29, 0.717) is 11.7 Å². The summed E-state index contributed by atoms with van der Waals surface area (Å²) in [6.07, 6.45) is 6.28. The van der Waals surface area contributed by atoms with Crippen LogP contribution in [0.4, 0.5) is 5.69 Å². The molecule has 1 N–H and O–H groups in total. The summed E-state index contributed by atoms with van der Waals surface area (Å²) in [7, 11) is 0. The Labute approximate surface area is 175 Å². The van der Waals surface area contributed by atoms with E-state index in [0.717, 1.165) is 24.0 Å².